The number of halogens is 1. The molecule has 0 unspecified atom stereocenters. The van der Waals surface area contributed by atoms with Gasteiger partial charge in [-0.3, -0.25) is 0 Å². The van der Waals surface area contributed by atoms with Crippen molar-refractivity contribution in [3.63, 3.8) is 0 Å². The number of anilines is 2. The Morgan fingerprint density at radius 3 is 2.63 bits per heavy atom. The van der Waals surface area contributed by atoms with Crippen molar-refractivity contribution in [2.24, 2.45) is 0 Å². The Labute approximate surface area is 123 Å². The van der Waals surface area contributed by atoms with E-state index >= 15 is 0 Å². The molecule has 2 rings (SSSR count). The van der Waals surface area contributed by atoms with E-state index in [0.717, 1.165) is 28.8 Å². The number of benzene rings is 2. The quantitative estimate of drug-likeness (QED) is 0.825. The smallest absolute Gasteiger partial charge is 0.0574 e. The van der Waals surface area contributed by atoms with Crippen LogP contribution in [0.25, 0.3) is 0 Å². The van der Waals surface area contributed by atoms with Crippen LogP contribution in [0.3, 0.4) is 0 Å². The van der Waals surface area contributed by atoms with Gasteiger partial charge in [0.05, 0.1) is 11.4 Å². The lowest BCUT2D eigenvalue weighted by molar-refractivity contribution is 1.00. The van der Waals surface area contributed by atoms with Gasteiger partial charge in [0.2, 0.25) is 0 Å². The number of hydrogen-bond donors (Lipinski definition) is 2. The van der Waals surface area contributed by atoms with Crippen LogP contribution in [-0.4, -0.2) is 6.54 Å². The molecule has 3 heteroatoms. The minimum Gasteiger partial charge on any atom is -0.397 e. The molecule has 0 spiro atoms. The maximum Gasteiger partial charge on any atom is 0.0574 e. The van der Waals surface area contributed by atoms with Crippen LogP contribution < -0.4 is 11.1 Å². The summed E-state index contributed by atoms with van der Waals surface area (Å²) in [5.41, 5.74) is 11.8. The molecule has 0 fully saturated rings. The predicted molar refractivity (Wildman–Crippen MR) is 86.7 cm³/mol. The molecule has 0 radical (unpaired) electrons. The molecule has 2 nitrogen and oxygen atoms in total. The van der Waals surface area contributed by atoms with Crippen LogP contribution >= 0.6 is 15.9 Å². The molecule has 0 heterocycles. The topological polar surface area (TPSA) is 38.0 Å². The summed E-state index contributed by atoms with van der Waals surface area (Å²) in [5, 5.41) is 3.39. The highest BCUT2D eigenvalue weighted by atomic mass is 79.9. The molecule has 0 saturated carbocycles. The van der Waals surface area contributed by atoms with Crippen molar-refractivity contribution in [2.45, 2.75) is 20.3 Å². The molecule has 0 saturated heterocycles. The number of nitrogens with one attached hydrogen (secondary N) is 1. The first kappa shape index (κ1) is 13.9. The summed E-state index contributed by atoms with van der Waals surface area (Å²) in [6.45, 7) is 5.17. The van der Waals surface area contributed by atoms with Crippen molar-refractivity contribution in [1.29, 1.82) is 0 Å². The minimum absolute atomic E-state index is 0.773. The van der Waals surface area contributed by atoms with Crippen LogP contribution in [0.2, 0.25) is 0 Å². The monoisotopic (exact) mass is 318 g/mol. The molecule has 2 aromatic carbocycles. The summed E-state index contributed by atoms with van der Waals surface area (Å²) < 4.78 is 1.00. The Hall–Kier alpha value is -1.48. The highest BCUT2D eigenvalue weighted by Crippen LogP contribution is 2.23. The van der Waals surface area contributed by atoms with Crippen molar-refractivity contribution < 1.29 is 0 Å². The second kappa shape index (κ2) is 6.11. The molecule has 0 aliphatic carbocycles. The van der Waals surface area contributed by atoms with Crippen molar-refractivity contribution in [3.8, 4) is 0 Å². The van der Waals surface area contributed by atoms with Gasteiger partial charge in [-0.1, -0.05) is 39.7 Å². The number of aryl methyl sites for hydroxylation is 2. The lowest BCUT2D eigenvalue weighted by Gasteiger charge is -2.11. The highest BCUT2D eigenvalue weighted by molar-refractivity contribution is 9.10. The van der Waals surface area contributed by atoms with E-state index in [1.54, 1.807) is 0 Å². The van der Waals surface area contributed by atoms with Gasteiger partial charge in [0.15, 0.2) is 0 Å². The Morgan fingerprint density at radius 1 is 1.11 bits per heavy atom. The average Bonchev–Trinajstić information content (AvgIpc) is 2.36. The van der Waals surface area contributed by atoms with Crippen LogP contribution in [0.15, 0.2) is 40.9 Å². The first-order chi connectivity index (χ1) is 9.06. The molecule has 100 valence electrons. The fraction of sp³-hybridized carbons (Fsp3) is 0.250. The van der Waals surface area contributed by atoms with E-state index in [0.29, 0.717) is 0 Å². The molecule has 3 N–H and O–H groups in total. The van der Waals surface area contributed by atoms with Gasteiger partial charge in [-0.15, -0.1) is 0 Å². The highest BCUT2D eigenvalue weighted by Gasteiger charge is 2.01. The van der Waals surface area contributed by atoms with Crippen molar-refractivity contribution in [2.75, 3.05) is 17.6 Å². The molecule has 0 aromatic heterocycles. The molecule has 0 aliphatic heterocycles. The molecule has 0 amide bonds. The van der Waals surface area contributed by atoms with Crippen LogP contribution in [0.5, 0.6) is 0 Å². The normalized spacial score (nSPS) is 10.5. The van der Waals surface area contributed by atoms with Crippen molar-refractivity contribution in [1.82, 2.24) is 0 Å². The summed E-state index contributed by atoms with van der Waals surface area (Å²) in [7, 11) is 0. The summed E-state index contributed by atoms with van der Waals surface area (Å²) >= 11 is 3.41. The molecular formula is C16H19BrN2. The zero-order valence-corrected chi connectivity index (χ0v) is 12.9. The standard InChI is InChI=1S/C16H19BrN2/c1-11-3-4-12(2)13(9-11)7-8-19-16-6-5-14(17)10-15(16)18/h3-6,9-10,19H,7-8,18H2,1-2H3. The summed E-state index contributed by atoms with van der Waals surface area (Å²) in [6.07, 6.45) is 1.00. The van der Waals surface area contributed by atoms with Gasteiger partial charge in [-0.25, -0.2) is 0 Å². The van der Waals surface area contributed by atoms with E-state index in [2.05, 4.69) is 53.3 Å². The molecule has 2 aromatic rings. The van der Waals surface area contributed by atoms with Gasteiger partial charge in [0.25, 0.3) is 0 Å². The lowest BCUT2D eigenvalue weighted by atomic mass is 10.0. The van der Waals surface area contributed by atoms with E-state index in [9.17, 15) is 0 Å². The molecule has 0 bridgehead atoms. The Morgan fingerprint density at radius 2 is 1.89 bits per heavy atom. The summed E-state index contributed by atoms with van der Waals surface area (Å²) in [4.78, 5) is 0. The Kier molecular flexibility index (Phi) is 4.48. The third kappa shape index (κ3) is 3.74. The van der Waals surface area contributed by atoms with Crippen LogP contribution in [0.1, 0.15) is 16.7 Å². The van der Waals surface area contributed by atoms with E-state index in [4.69, 9.17) is 5.73 Å². The second-order valence-electron chi connectivity index (χ2n) is 4.84. The Bertz CT molecular complexity index is 579. The van der Waals surface area contributed by atoms with E-state index in [-0.39, 0.29) is 0 Å². The second-order valence-corrected chi connectivity index (χ2v) is 5.75. The minimum atomic E-state index is 0.773. The van der Waals surface area contributed by atoms with Gasteiger partial charge in [-0.05, 0) is 49.6 Å². The number of rotatable bonds is 4. The summed E-state index contributed by atoms with van der Waals surface area (Å²) in [5.74, 6) is 0. The maximum atomic E-state index is 5.96. The number of nitrogen functional groups attached to an aromatic ring is 1. The van der Waals surface area contributed by atoms with E-state index in [1.165, 1.54) is 16.7 Å². The zero-order valence-electron chi connectivity index (χ0n) is 11.3. The van der Waals surface area contributed by atoms with Crippen molar-refractivity contribution >= 4 is 27.3 Å². The van der Waals surface area contributed by atoms with Gasteiger partial charge >= 0.3 is 0 Å². The van der Waals surface area contributed by atoms with E-state index < -0.39 is 0 Å². The zero-order chi connectivity index (χ0) is 13.8. The van der Waals surface area contributed by atoms with Crippen LogP contribution in [0, 0.1) is 13.8 Å². The Balaban J connectivity index is 1.98. The van der Waals surface area contributed by atoms with E-state index in [1.807, 2.05) is 18.2 Å². The molecular weight excluding hydrogens is 300 g/mol. The SMILES string of the molecule is Cc1ccc(C)c(CCNc2ccc(Br)cc2N)c1. The predicted octanol–water partition coefficient (Wildman–Crippen LogP) is 4.30. The van der Waals surface area contributed by atoms with Gasteiger partial charge in [-0.2, -0.15) is 0 Å². The molecule has 0 atom stereocenters. The largest absolute Gasteiger partial charge is 0.397 e. The fourth-order valence-corrected chi connectivity index (χ4v) is 2.47. The third-order valence-electron chi connectivity index (χ3n) is 3.23. The first-order valence-corrected chi connectivity index (χ1v) is 7.20. The summed E-state index contributed by atoms with van der Waals surface area (Å²) in [6, 6.07) is 12.5. The van der Waals surface area contributed by atoms with Crippen LogP contribution in [-0.2, 0) is 6.42 Å². The number of nitrogens with two attached hydrogens (primary N) is 1. The fourth-order valence-electron chi connectivity index (χ4n) is 2.10. The van der Waals surface area contributed by atoms with Gasteiger partial charge < -0.3 is 11.1 Å². The molecule has 0 aliphatic rings. The first-order valence-electron chi connectivity index (χ1n) is 6.41. The van der Waals surface area contributed by atoms with Gasteiger partial charge in [0, 0.05) is 11.0 Å². The van der Waals surface area contributed by atoms with Crippen LogP contribution in [0.4, 0.5) is 11.4 Å². The maximum absolute atomic E-state index is 5.96. The average molecular weight is 319 g/mol. The molecule has 19 heavy (non-hydrogen) atoms. The third-order valence-corrected chi connectivity index (χ3v) is 3.72. The number of hydrogen-bond acceptors (Lipinski definition) is 2. The van der Waals surface area contributed by atoms with Crippen molar-refractivity contribution in [3.05, 3.63) is 57.6 Å². The van der Waals surface area contributed by atoms with Gasteiger partial charge in [0.1, 0.15) is 0 Å². The lowest BCUT2D eigenvalue weighted by Crippen LogP contribution is -2.07.